The molecule has 6 nitrogen and oxygen atoms in total. The summed E-state index contributed by atoms with van der Waals surface area (Å²) >= 11 is 0. The van der Waals surface area contributed by atoms with Crippen molar-refractivity contribution in [2.45, 2.75) is 90.0 Å². The molecule has 1 saturated carbocycles. The van der Waals surface area contributed by atoms with E-state index in [9.17, 15) is 14.4 Å². The van der Waals surface area contributed by atoms with Gasteiger partial charge in [-0.1, -0.05) is 76.8 Å². The second kappa shape index (κ2) is 13.8. The summed E-state index contributed by atoms with van der Waals surface area (Å²) in [6, 6.07) is 6.98. The molecule has 0 heterocycles. The summed E-state index contributed by atoms with van der Waals surface area (Å²) in [5.74, 6) is -1.63. The number of anilines is 1. The minimum absolute atomic E-state index is 0.223. The number of carbonyl (C=O) groups is 3. The molecule has 3 N–H and O–H groups in total. The van der Waals surface area contributed by atoms with Crippen LogP contribution >= 0.6 is 0 Å². The molecule has 2 rings (SSSR count). The van der Waals surface area contributed by atoms with Gasteiger partial charge in [0, 0.05) is 12.6 Å². The standard InChI is InChI=1S/C24H37N3O3/c1-2-3-4-5-6-7-8-9-10-13-18-25-23(29)24(30)27-21-15-12-11-14-20(21)22(28)26-19-16-17-19/h11-12,14-15,19H,2-10,13,16-18H2,1H3,(H,25,29)(H,26,28)(H,27,30). The zero-order valence-corrected chi connectivity index (χ0v) is 18.3. The van der Waals surface area contributed by atoms with E-state index in [-0.39, 0.29) is 11.9 Å². The van der Waals surface area contributed by atoms with Crippen molar-refractivity contribution in [1.29, 1.82) is 0 Å². The Hall–Kier alpha value is -2.37. The van der Waals surface area contributed by atoms with Gasteiger partial charge in [0.2, 0.25) is 0 Å². The normalized spacial score (nSPS) is 13.0. The van der Waals surface area contributed by atoms with Crippen molar-refractivity contribution < 1.29 is 14.4 Å². The van der Waals surface area contributed by atoms with Crippen LogP contribution in [0.15, 0.2) is 24.3 Å². The highest BCUT2D eigenvalue weighted by Crippen LogP contribution is 2.21. The fourth-order valence-corrected chi connectivity index (χ4v) is 3.35. The monoisotopic (exact) mass is 415 g/mol. The van der Waals surface area contributed by atoms with Crippen LogP contribution in [0.25, 0.3) is 0 Å². The number of hydrogen-bond donors (Lipinski definition) is 3. The molecule has 0 aromatic heterocycles. The number of rotatable bonds is 14. The third kappa shape index (κ3) is 9.42. The summed E-state index contributed by atoms with van der Waals surface area (Å²) in [5.41, 5.74) is 0.731. The predicted octanol–water partition coefficient (Wildman–Crippen LogP) is 4.55. The lowest BCUT2D eigenvalue weighted by molar-refractivity contribution is -0.136. The highest BCUT2D eigenvalue weighted by Gasteiger charge is 2.25. The number of carbonyl (C=O) groups excluding carboxylic acids is 3. The first-order valence-electron chi connectivity index (χ1n) is 11.6. The van der Waals surface area contributed by atoms with Gasteiger partial charge >= 0.3 is 11.8 Å². The average Bonchev–Trinajstić information content (AvgIpc) is 3.56. The maximum absolute atomic E-state index is 12.3. The first-order chi connectivity index (χ1) is 14.6. The quantitative estimate of drug-likeness (QED) is 0.308. The summed E-state index contributed by atoms with van der Waals surface area (Å²) in [6.45, 7) is 2.72. The van der Waals surface area contributed by atoms with E-state index in [0.717, 1.165) is 25.7 Å². The van der Waals surface area contributed by atoms with Crippen molar-refractivity contribution in [3.8, 4) is 0 Å². The summed E-state index contributed by atoms with van der Waals surface area (Å²) < 4.78 is 0. The SMILES string of the molecule is CCCCCCCCCCCCNC(=O)C(=O)Nc1ccccc1C(=O)NC1CC1. The number of nitrogens with one attached hydrogen (secondary N) is 3. The third-order valence-corrected chi connectivity index (χ3v) is 5.35. The lowest BCUT2D eigenvalue weighted by Crippen LogP contribution is -2.36. The van der Waals surface area contributed by atoms with Crippen molar-refractivity contribution in [2.24, 2.45) is 0 Å². The van der Waals surface area contributed by atoms with Gasteiger partial charge in [-0.05, 0) is 31.4 Å². The predicted molar refractivity (Wildman–Crippen MR) is 120 cm³/mol. The van der Waals surface area contributed by atoms with Crippen LogP contribution in [0.1, 0.15) is 94.3 Å². The molecule has 0 radical (unpaired) electrons. The van der Waals surface area contributed by atoms with E-state index in [0.29, 0.717) is 17.8 Å². The highest BCUT2D eigenvalue weighted by molar-refractivity contribution is 6.40. The Labute approximate surface area is 180 Å². The summed E-state index contributed by atoms with van der Waals surface area (Å²) in [6.07, 6.45) is 14.2. The Morgan fingerprint density at radius 1 is 0.833 bits per heavy atom. The maximum Gasteiger partial charge on any atom is 0.313 e. The van der Waals surface area contributed by atoms with E-state index < -0.39 is 11.8 Å². The molecule has 0 saturated heterocycles. The van der Waals surface area contributed by atoms with E-state index in [1.165, 1.54) is 51.4 Å². The van der Waals surface area contributed by atoms with Crippen molar-refractivity contribution in [2.75, 3.05) is 11.9 Å². The second-order valence-electron chi connectivity index (χ2n) is 8.19. The van der Waals surface area contributed by atoms with Gasteiger partial charge in [-0.25, -0.2) is 0 Å². The molecule has 6 heteroatoms. The van der Waals surface area contributed by atoms with Crippen LogP contribution in [0.5, 0.6) is 0 Å². The van der Waals surface area contributed by atoms with E-state index in [4.69, 9.17) is 0 Å². The van der Waals surface area contributed by atoms with Crippen molar-refractivity contribution >= 4 is 23.4 Å². The minimum atomic E-state index is -0.742. The van der Waals surface area contributed by atoms with Crippen molar-refractivity contribution in [3.05, 3.63) is 29.8 Å². The molecule has 30 heavy (non-hydrogen) atoms. The first kappa shape index (κ1) is 23.9. The van der Waals surface area contributed by atoms with Crippen LogP contribution in [0.3, 0.4) is 0 Å². The fourth-order valence-electron chi connectivity index (χ4n) is 3.35. The summed E-state index contributed by atoms with van der Waals surface area (Å²) in [5, 5.41) is 8.13. The van der Waals surface area contributed by atoms with Crippen LogP contribution < -0.4 is 16.0 Å². The van der Waals surface area contributed by atoms with Gasteiger partial charge < -0.3 is 16.0 Å². The lowest BCUT2D eigenvalue weighted by Gasteiger charge is -2.11. The largest absolute Gasteiger partial charge is 0.349 e. The smallest absolute Gasteiger partial charge is 0.313 e. The number of unbranched alkanes of at least 4 members (excludes halogenated alkanes) is 9. The van der Waals surface area contributed by atoms with Crippen LogP contribution in [0.4, 0.5) is 5.69 Å². The molecule has 1 aromatic rings. The molecule has 0 unspecified atom stereocenters. The van der Waals surface area contributed by atoms with Crippen molar-refractivity contribution in [1.82, 2.24) is 10.6 Å². The fraction of sp³-hybridized carbons (Fsp3) is 0.625. The molecule has 3 amide bonds. The molecule has 1 fully saturated rings. The lowest BCUT2D eigenvalue weighted by atomic mass is 10.1. The topological polar surface area (TPSA) is 87.3 Å². The van der Waals surface area contributed by atoms with Gasteiger partial charge in [0.25, 0.3) is 5.91 Å². The van der Waals surface area contributed by atoms with Gasteiger partial charge in [0.05, 0.1) is 11.3 Å². The Morgan fingerprint density at radius 3 is 2.07 bits per heavy atom. The summed E-state index contributed by atoms with van der Waals surface area (Å²) in [7, 11) is 0. The molecule has 0 spiro atoms. The van der Waals surface area contributed by atoms with E-state index in [2.05, 4.69) is 22.9 Å². The van der Waals surface area contributed by atoms with Crippen LogP contribution in [0, 0.1) is 0 Å². The highest BCUT2D eigenvalue weighted by atomic mass is 16.2. The molecule has 0 atom stereocenters. The van der Waals surface area contributed by atoms with Gasteiger partial charge in [0.15, 0.2) is 0 Å². The Balaban J connectivity index is 1.59. The molecule has 1 aliphatic carbocycles. The maximum atomic E-state index is 12.3. The summed E-state index contributed by atoms with van der Waals surface area (Å²) in [4.78, 5) is 36.5. The molecule has 1 aromatic carbocycles. The van der Waals surface area contributed by atoms with Crippen LogP contribution in [-0.2, 0) is 9.59 Å². The van der Waals surface area contributed by atoms with E-state index >= 15 is 0 Å². The van der Waals surface area contributed by atoms with Gasteiger partial charge in [-0.2, -0.15) is 0 Å². The Kier molecular flexibility index (Phi) is 11.0. The van der Waals surface area contributed by atoms with Crippen molar-refractivity contribution in [3.63, 3.8) is 0 Å². The average molecular weight is 416 g/mol. The number of para-hydroxylation sites is 1. The Morgan fingerprint density at radius 2 is 1.43 bits per heavy atom. The zero-order valence-electron chi connectivity index (χ0n) is 18.3. The molecular formula is C24H37N3O3. The number of amides is 3. The first-order valence-corrected chi connectivity index (χ1v) is 11.6. The van der Waals surface area contributed by atoms with Crippen LogP contribution in [0.2, 0.25) is 0 Å². The molecule has 0 bridgehead atoms. The van der Waals surface area contributed by atoms with Gasteiger partial charge in [-0.3, -0.25) is 14.4 Å². The molecule has 166 valence electrons. The van der Waals surface area contributed by atoms with E-state index in [1.54, 1.807) is 24.3 Å². The number of benzene rings is 1. The third-order valence-electron chi connectivity index (χ3n) is 5.35. The minimum Gasteiger partial charge on any atom is -0.349 e. The molecular weight excluding hydrogens is 378 g/mol. The van der Waals surface area contributed by atoms with Gasteiger partial charge in [0.1, 0.15) is 0 Å². The zero-order chi connectivity index (χ0) is 21.6. The number of hydrogen-bond acceptors (Lipinski definition) is 3. The van der Waals surface area contributed by atoms with Crippen LogP contribution in [-0.4, -0.2) is 30.3 Å². The second-order valence-corrected chi connectivity index (χ2v) is 8.19. The molecule has 1 aliphatic rings. The molecule has 0 aliphatic heterocycles. The van der Waals surface area contributed by atoms with Gasteiger partial charge in [-0.15, -0.1) is 0 Å². The van der Waals surface area contributed by atoms with E-state index in [1.807, 2.05) is 0 Å². The Bertz CT molecular complexity index is 686.